The smallest absolute Gasteiger partial charge is 0.334 e. The molecule has 0 spiro atoms. The van der Waals surface area contributed by atoms with Crippen LogP contribution in [0.4, 0.5) is 0 Å². The largest absolute Gasteiger partial charge is 0.463 e. The predicted octanol–water partition coefficient (Wildman–Crippen LogP) is 3.11. The zero-order valence-corrected chi connectivity index (χ0v) is 12.7. The Labute approximate surface area is 122 Å². The van der Waals surface area contributed by atoms with Crippen molar-refractivity contribution in [3.05, 3.63) is 48.0 Å². The quantitative estimate of drug-likeness (QED) is 0.585. The Morgan fingerprint density at radius 3 is 2.55 bits per heavy atom. The summed E-state index contributed by atoms with van der Waals surface area (Å²) in [6, 6.07) is 10.4. The molecular formula is C17H25NO2. The molecule has 110 valence electrons. The van der Waals surface area contributed by atoms with Crippen LogP contribution in [0, 0.1) is 0 Å². The first-order chi connectivity index (χ1) is 9.44. The number of esters is 1. The Bertz CT molecular complexity index is 438. The summed E-state index contributed by atoms with van der Waals surface area (Å²) in [4.78, 5) is 11.5. The molecule has 0 aromatic heterocycles. The molecule has 0 atom stereocenters. The topological polar surface area (TPSA) is 38.3 Å². The van der Waals surface area contributed by atoms with E-state index in [1.54, 1.807) is 6.92 Å². The molecular weight excluding hydrogens is 250 g/mol. The third kappa shape index (κ3) is 6.02. The molecule has 0 bridgehead atoms. The number of benzene rings is 1. The minimum Gasteiger partial charge on any atom is -0.463 e. The highest BCUT2D eigenvalue weighted by Crippen LogP contribution is 2.14. The minimum absolute atomic E-state index is 0.0503. The fourth-order valence-electron chi connectivity index (χ4n) is 1.84. The number of hydrogen-bond donors (Lipinski definition) is 1. The first-order valence-electron chi connectivity index (χ1n) is 7.08. The lowest BCUT2D eigenvalue weighted by molar-refractivity contribution is -0.138. The number of hydrogen-bond acceptors (Lipinski definition) is 3. The number of ether oxygens (including phenoxy) is 1. The normalized spacial score (nSPS) is 11.2. The summed E-state index contributed by atoms with van der Waals surface area (Å²) in [7, 11) is 0. The lowest BCUT2D eigenvalue weighted by Crippen LogP contribution is -2.41. The van der Waals surface area contributed by atoms with Crippen molar-refractivity contribution in [3.8, 4) is 0 Å². The molecule has 3 heteroatoms. The number of rotatable bonds is 8. The van der Waals surface area contributed by atoms with Gasteiger partial charge in [-0.2, -0.15) is 0 Å². The minimum atomic E-state index is -0.321. The molecule has 1 aromatic carbocycles. The number of aryl methyl sites for hydroxylation is 1. The van der Waals surface area contributed by atoms with Crippen LogP contribution in [0.5, 0.6) is 0 Å². The van der Waals surface area contributed by atoms with E-state index in [-0.39, 0.29) is 11.5 Å². The summed E-state index contributed by atoms with van der Waals surface area (Å²) in [5.74, 6) is -0.321. The van der Waals surface area contributed by atoms with Gasteiger partial charge in [0.1, 0.15) is 0 Å². The van der Waals surface area contributed by atoms with Gasteiger partial charge in [0.05, 0.1) is 6.61 Å². The van der Waals surface area contributed by atoms with Crippen LogP contribution < -0.4 is 5.32 Å². The Morgan fingerprint density at radius 2 is 1.95 bits per heavy atom. The maximum absolute atomic E-state index is 11.5. The zero-order chi connectivity index (χ0) is 15.0. The molecule has 20 heavy (non-hydrogen) atoms. The standard InChI is InChI=1S/C17H25NO2/c1-5-20-16(19)14(2)13-18-17(3,4)12-11-15-9-7-6-8-10-15/h6-10,18H,2,5,11-13H2,1,3-4H3. The molecule has 0 unspecified atom stereocenters. The van der Waals surface area contributed by atoms with Gasteiger partial charge in [-0.25, -0.2) is 4.79 Å². The monoisotopic (exact) mass is 275 g/mol. The summed E-state index contributed by atoms with van der Waals surface area (Å²) in [5, 5.41) is 3.37. The Morgan fingerprint density at radius 1 is 1.30 bits per heavy atom. The van der Waals surface area contributed by atoms with E-state index in [9.17, 15) is 4.79 Å². The van der Waals surface area contributed by atoms with Crippen LogP contribution >= 0.6 is 0 Å². The van der Waals surface area contributed by atoms with Crippen LogP contribution in [0.1, 0.15) is 32.8 Å². The van der Waals surface area contributed by atoms with Gasteiger partial charge >= 0.3 is 5.97 Å². The molecule has 0 fully saturated rings. The predicted molar refractivity (Wildman–Crippen MR) is 82.6 cm³/mol. The van der Waals surface area contributed by atoms with Gasteiger partial charge in [-0.1, -0.05) is 36.9 Å². The molecule has 0 radical (unpaired) electrons. The highest BCUT2D eigenvalue weighted by atomic mass is 16.5. The summed E-state index contributed by atoms with van der Waals surface area (Å²) >= 11 is 0. The van der Waals surface area contributed by atoms with Crippen molar-refractivity contribution in [2.45, 2.75) is 39.2 Å². The van der Waals surface area contributed by atoms with Gasteiger partial charge in [0.15, 0.2) is 0 Å². The van der Waals surface area contributed by atoms with Crippen molar-refractivity contribution < 1.29 is 9.53 Å². The number of nitrogens with one attached hydrogen (secondary N) is 1. The Hall–Kier alpha value is -1.61. The van der Waals surface area contributed by atoms with Crippen molar-refractivity contribution in [3.63, 3.8) is 0 Å². The van der Waals surface area contributed by atoms with Crippen molar-refractivity contribution in [1.82, 2.24) is 5.32 Å². The molecule has 0 aliphatic heterocycles. The van der Waals surface area contributed by atoms with E-state index < -0.39 is 0 Å². The SMILES string of the molecule is C=C(CNC(C)(C)CCc1ccccc1)C(=O)OCC. The third-order valence-corrected chi connectivity index (χ3v) is 3.23. The molecule has 3 nitrogen and oxygen atoms in total. The van der Waals surface area contributed by atoms with E-state index in [2.05, 4.69) is 50.0 Å². The van der Waals surface area contributed by atoms with Gasteiger partial charge in [0.2, 0.25) is 0 Å². The van der Waals surface area contributed by atoms with Crippen LogP contribution in [-0.4, -0.2) is 24.7 Å². The number of carbonyl (C=O) groups excluding carboxylic acids is 1. The number of carbonyl (C=O) groups is 1. The van der Waals surface area contributed by atoms with Crippen molar-refractivity contribution in [2.75, 3.05) is 13.2 Å². The van der Waals surface area contributed by atoms with Crippen molar-refractivity contribution in [1.29, 1.82) is 0 Å². The van der Waals surface area contributed by atoms with Crippen LogP contribution in [0.3, 0.4) is 0 Å². The Balaban J connectivity index is 2.38. The summed E-state index contributed by atoms with van der Waals surface area (Å²) in [6.45, 7) is 10.7. The molecule has 1 rings (SSSR count). The van der Waals surface area contributed by atoms with Crippen LogP contribution in [0.2, 0.25) is 0 Å². The molecule has 1 N–H and O–H groups in total. The lowest BCUT2D eigenvalue weighted by atomic mass is 9.95. The van der Waals surface area contributed by atoms with E-state index in [0.29, 0.717) is 18.7 Å². The average Bonchev–Trinajstić information content (AvgIpc) is 2.44. The highest BCUT2D eigenvalue weighted by Gasteiger charge is 2.18. The molecule has 0 saturated carbocycles. The maximum atomic E-state index is 11.5. The second-order valence-electron chi connectivity index (χ2n) is 5.55. The first-order valence-corrected chi connectivity index (χ1v) is 7.08. The molecule has 0 amide bonds. The molecule has 0 aliphatic carbocycles. The Kier molecular flexibility index (Phi) is 6.46. The van der Waals surface area contributed by atoms with Crippen LogP contribution in [-0.2, 0) is 16.0 Å². The van der Waals surface area contributed by atoms with Gasteiger partial charge in [0, 0.05) is 17.7 Å². The van der Waals surface area contributed by atoms with Crippen LogP contribution in [0.25, 0.3) is 0 Å². The average molecular weight is 275 g/mol. The molecule has 0 aliphatic rings. The second-order valence-corrected chi connectivity index (χ2v) is 5.55. The maximum Gasteiger partial charge on any atom is 0.334 e. The van der Waals surface area contributed by atoms with E-state index in [4.69, 9.17) is 4.74 Å². The zero-order valence-electron chi connectivity index (χ0n) is 12.7. The second kappa shape index (κ2) is 7.85. The lowest BCUT2D eigenvalue weighted by Gasteiger charge is -2.26. The van der Waals surface area contributed by atoms with Gasteiger partial charge in [-0.05, 0) is 39.2 Å². The van der Waals surface area contributed by atoms with Gasteiger partial charge in [0.25, 0.3) is 0 Å². The molecule has 0 heterocycles. The van der Waals surface area contributed by atoms with Crippen molar-refractivity contribution in [2.24, 2.45) is 0 Å². The summed E-state index contributed by atoms with van der Waals surface area (Å²) in [5.41, 5.74) is 1.75. The first kappa shape index (κ1) is 16.4. The van der Waals surface area contributed by atoms with Gasteiger partial charge < -0.3 is 10.1 Å². The van der Waals surface area contributed by atoms with Gasteiger partial charge in [-0.3, -0.25) is 0 Å². The fraction of sp³-hybridized carbons (Fsp3) is 0.471. The summed E-state index contributed by atoms with van der Waals surface area (Å²) < 4.78 is 4.92. The van der Waals surface area contributed by atoms with E-state index in [1.165, 1.54) is 5.56 Å². The van der Waals surface area contributed by atoms with Gasteiger partial charge in [-0.15, -0.1) is 0 Å². The summed E-state index contributed by atoms with van der Waals surface area (Å²) in [6.07, 6.45) is 2.00. The molecule has 0 saturated heterocycles. The van der Waals surface area contributed by atoms with E-state index in [1.807, 2.05) is 6.07 Å². The van der Waals surface area contributed by atoms with E-state index in [0.717, 1.165) is 12.8 Å². The third-order valence-electron chi connectivity index (χ3n) is 3.23. The van der Waals surface area contributed by atoms with E-state index >= 15 is 0 Å². The van der Waals surface area contributed by atoms with Crippen molar-refractivity contribution >= 4 is 5.97 Å². The molecule has 1 aromatic rings. The highest BCUT2D eigenvalue weighted by molar-refractivity contribution is 5.88. The fourth-order valence-corrected chi connectivity index (χ4v) is 1.84. The van der Waals surface area contributed by atoms with Crippen LogP contribution in [0.15, 0.2) is 42.5 Å².